The van der Waals surface area contributed by atoms with Crippen molar-refractivity contribution in [1.82, 2.24) is 0 Å². The number of nitrogen functional groups attached to an aromatic ring is 1. The average molecular weight is 263 g/mol. The van der Waals surface area contributed by atoms with Crippen molar-refractivity contribution in [1.29, 1.82) is 0 Å². The molecule has 0 saturated heterocycles. The Kier molecular flexibility index (Phi) is 4.34. The molecule has 0 spiro atoms. The fourth-order valence-corrected chi connectivity index (χ4v) is 1.78. The van der Waals surface area contributed by atoms with Crippen LogP contribution in [0.3, 0.4) is 0 Å². The van der Waals surface area contributed by atoms with Crippen LogP contribution in [0.2, 0.25) is 0 Å². The van der Waals surface area contributed by atoms with Crippen LogP contribution >= 0.6 is 0 Å². The molecule has 0 atom stereocenters. The van der Waals surface area contributed by atoms with Crippen LogP contribution in [0, 0.1) is 11.6 Å². The molecule has 2 N–H and O–H groups in total. The zero-order valence-electron chi connectivity index (χ0n) is 10.4. The Labute approximate surface area is 110 Å². The van der Waals surface area contributed by atoms with E-state index in [0.29, 0.717) is 6.61 Å². The minimum Gasteiger partial charge on any atom is -0.491 e. The lowest BCUT2D eigenvalue weighted by Gasteiger charge is -2.09. The molecule has 2 aromatic rings. The first-order valence-electron chi connectivity index (χ1n) is 6.08. The van der Waals surface area contributed by atoms with E-state index < -0.39 is 11.6 Å². The molecule has 2 aromatic carbocycles. The predicted octanol–water partition coefficient (Wildman–Crippen LogP) is 3.56. The number of benzene rings is 2. The quantitative estimate of drug-likeness (QED) is 0.661. The maximum Gasteiger partial charge on any atom is 0.152 e. The molecule has 0 bridgehead atoms. The number of aryl methyl sites for hydroxylation is 1. The number of hydrogen-bond acceptors (Lipinski definition) is 2. The highest BCUT2D eigenvalue weighted by Gasteiger charge is 2.09. The molecule has 4 heteroatoms. The first-order valence-corrected chi connectivity index (χ1v) is 6.08. The van der Waals surface area contributed by atoms with E-state index in [1.165, 1.54) is 5.56 Å². The van der Waals surface area contributed by atoms with Crippen molar-refractivity contribution >= 4 is 5.69 Å². The lowest BCUT2D eigenvalue weighted by atomic mass is 10.1. The van der Waals surface area contributed by atoms with Crippen molar-refractivity contribution in [2.45, 2.75) is 12.8 Å². The van der Waals surface area contributed by atoms with E-state index in [4.69, 9.17) is 10.5 Å². The number of nitrogens with two attached hydrogens (primary N) is 1. The van der Waals surface area contributed by atoms with Crippen molar-refractivity contribution in [3.05, 3.63) is 59.7 Å². The van der Waals surface area contributed by atoms with Gasteiger partial charge in [0.15, 0.2) is 5.82 Å². The minimum atomic E-state index is -0.793. The highest BCUT2D eigenvalue weighted by atomic mass is 19.1. The summed E-state index contributed by atoms with van der Waals surface area (Å²) in [6, 6.07) is 11.8. The molecular weight excluding hydrogens is 248 g/mol. The number of ether oxygens (including phenoxy) is 1. The van der Waals surface area contributed by atoms with Crippen molar-refractivity contribution < 1.29 is 13.5 Å². The number of halogens is 2. The molecular formula is C15H15F2NO. The molecule has 100 valence electrons. The second kappa shape index (κ2) is 6.18. The van der Waals surface area contributed by atoms with Gasteiger partial charge in [0, 0.05) is 12.1 Å². The highest BCUT2D eigenvalue weighted by molar-refractivity contribution is 5.53. The summed E-state index contributed by atoms with van der Waals surface area (Å²) in [4.78, 5) is 0. The van der Waals surface area contributed by atoms with Gasteiger partial charge in [0.05, 0.1) is 6.61 Å². The Bertz CT molecular complexity index is 543. The molecule has 19 heavy (non-hydrogen) atoms. The molecule has 0 radical (unpaired) electrons. The molecule has 0 saturated carbocycles. The second-order valence-corrected chi connectivity index (χ2v) is 4.24. The monoisotopic (exact) mass is 263 g/mol. The summed E-state index contributed by atoms with van der Waals surface area (Å²) in [5.74, 6) is -1.42. The summed E-state index contributed by atoms with van der Waals surface area (Å²) in [6.45, 7) is 0.363. The zero-order valence-corrected chi connectivity index (χ0v) is 10.4. The van der Waals surface area contributed by atoms with E-state index in [0.717, 1.165) is 25.0 Å². The molecule has 0 unspecified atom stereocenters. The van der Waals surface area contributed by atoms with Crippen molar-refractivity contribution in [3.8, 4) is 5.75 Å². The first-order chi connectivity index (χ1) is 9.16. The molecule has 0 heterocycles. The van der Waals surface area contributed by atoms with Gasteiger partial charge in [0.25, 0.3) is 0 Å². The zero-order chi connectivity index (χ0) is 13.7. The SMILES string of the molecule is Nc1c(F)cc(F)cc1OCCCc1ccccc1. The molecule has 2 nitrogen and oxygen atoms in total. The van der Waals surface area contributed by atoms with Gasteiger partial charge >= 0.3 is 0 Å². The van der Waals surface area contributed by atoms with Crippen LogP contribution in [0.15, 0.2) is 42.5 Å². The molecule has 0 fully saturated rings. The van der Waals surface area contributed by atoms with Crippen LogP contribution in [0.5, 0.6) is 5.75 Å². The molecule has 2 rings (SSSR count). The molecule has 0 aliphatic carbocycles. The van der Waals surface area contributed by atoms with E-state index in [-0.39, 0.29) is 11.4 Å². The maximum absolute atomic E-state index is 13.2. The van der Waals surface area contributed by atoms with Crippen LogP contribution in [-0.2, 0) is 6.42 Å². The summed E-state index contributed by atoms with van der Waals surface area (Å²) in [5.41, 5.74) is 6.53. The lowest BCUT2D eigenvalue weighted by Crippen LogP contribution is -2.03. The van der Waals surface area contributed by atoms with Crippen LogP contribution in [0.4, 0.5) is 14.5 Å². The van der Waals surface area contributed by atoms with E-state index in [1.807, 2.05) is 30.3 Å². The summed E-state index contributed by atoms with van der Waals surface area (Å²) in [7, 11) is 0. The molecule has 0 aliphatic rings. The van der Waals surface area contributed by atoms with Crippen LogP contribution in [0.25, 0.3) is 0 Å². The van der Waals surface area contributed by atoms with Crippen molar-refractivity contribution in [2.24, 2.45) is 0 Å². The standard InChI is InChI=1S/C15H15F2NO/c16-12-9-13(17)15(18)14(10-12)19-8-4-7-11-5-2-1-3-6-11/h1-3,5-6,9-10H,4,7-8,18H2. The Morgan fingerprint density at radius 3 is 2.53 bits per heavy atom. The Balaban J connectivity index is 1.86. The normalized spacial score (nSPS) is 10.4. The summed E-state index contributed by atoms with van der Waals surface area (Å²) < 4.78 is 31.5. The molecule has 0 aliphatic heterocycles. The van der Waals surface area contributed by atoms with Gasteiger partial charge in [-0.25, -0.2) is 8.78 Å². The third-order valence-electron chi connectivity index (χ3n) is 2.77. The maximum atomic E-state index is 13.2. The average Bonchev–Trinajstić information content (AvgIpc) is 2.41. The van der Waals surface area contributed by atoms with E-state index >= 15 is 0 Å². The third-order valence-corrected chi connectivity index (χ3v) is 2.77. The highest BCUT2D eigenvalue weighted by Crippen LogP contribution is 2.25. The summed E-state index contributed by atoms with van der Waals surface area (Å²) in [6.07, 6.45) is 1.60. The minimum absolute atomic E-state index is 0.0607. The van der Waals surface area contributed by atoms with E-state index in [2.05, 4.69) is 0 Å². The van der Waals surface area contributed by atoms with Crippen LogP contribution in [0.1, 0.15) is 12.0 Å². The van der Waals surface area contributed by atoms with Gasteiger partial charge in [-0.15, -0.1) is 0 Å². The van der Waals surface area contributed by atoms with E-state index in [1.54, 1.807) is 0 Å². The first kappa shape index (κ1) is 13.3. The van der Waals surface area contributed by atoms with Gasteiger partial charge in [-0.2, -0.15) is 0 Å². The van der Waals surface area contributed by atoms with Gasteiger partial charge in [-0.3, -0.25) is 0 Å². The Morgan fingerprint density at radius 1 is 1.05 bits per heavy atom. The Morgan fingerprint density at radius 2 is 1.79 bits per heavy atom. The topological polar surface area (TPSA) is 35.2 Å². The van der Waals surface area contributed by atoms with Crippen molar-refractivity contribution in [2.75, 3.05) is 12.3 Å². The van der Waals surface area contributed by atoms with Gasteiger partial charge in [0.1, 0.15) is 17.3 Å². The largest absolute Gasteiger partial charge is 0.491 e. The smallest absolute Gasteiger partial charge is 0.152 e. The van der Waals surface area contributed by atoms with Gasteiger partial charge < -0.3 is 10.5 Å². The van der Waals surface area contributed by atoms with Gasteiger partial charge in [0.2, 0.25) is 0 Å². The van der Waals surface area contributed by atoms with Crippen LogP contribution in [-0.4, -0.2) is 6.61 Å². The number of hydrogen-bond donors (Lipinski definition) is 1. The predicted molar refractivity (Wildman–Crippen MR) is 71.0 cm³/mol. The fourth-order valence-electron chi connectivity index (χ4n) is 1.78. The lowest BCUT2D eigenvalue weighted by molar-refractivity contribution is 0.309. The molecule has 0 aromatic heterocycles. The van der Waals surface area contributed by atoms with Crippen LogP contribution < -0.4 is 10.5 Å². The second-order valence-electron chi connectivity index (χ2n) is 4.24. The Hall–Kier alpha value is -2.10. The number of rotatable bonds is 5. The number of anilines is 1. The van der Waals surface area contributed by atoms with Crippen molar-refractivity contribution in [3.63, 3.8) is 0 Å². The van der Waals surface area contributed by atoms with Gasteiger partial charge in [-0.05, 0) is 18.4 Å². The van der Waals surface area contributed by atoms with E-state index in [9.17, 15) is 8.78 Å². The molecule has 0 amide bonds. The van der Waals surface area contributed by atoms with Gasteiger partial charge in [-0.1, -0.05) is 30.3 Å². The summed E-state index contributed by atoms with van der Waals surface area (Å²) >= 11 is 0. The fraction of sp³-hybridized carbons (Fsp3) is 0.200. The third kappa shape index (κ3) is 3.68. The summed E-state index contributed by atoms with van der Waals surface area (Å²) in [5, 5.41) is 0.